The van der Waals surface area contributed by atoms with Crippen LogP contribution in [0.15, 0.2) is 78.0 Å². The average Bonchev–Trinajstić information content (AvgIpc) is 3.20. The van der Waals surface area contributed by atoms with Gasteiger partial charge in [-0.1, -0.05) is 90.1 Å². The standard InChI is InChI=1S/C34H36N2O3/c1-7-33(5,6)21-9-13-25-24-12-8-20(32(2,3)4)16-26(24)34(27(25)17-21,22-10-14-30(37)28(35)18-22)23-11-15-31(38)29(19-23)36-39/h8-19,37-38H,7,35H2,1-6H3. The fourth-order valence-electron chi connectivity index (χ4n) is 5.82. The van der Waals surface area contributed by atoms with Crippen molar-refractivity contribution in [2.75, 3.05) is 5.73 Å². The molecule has 5 heteroatoms. The molecule has 0 aliphatic heterocycles. The van der Waals surface area contributed by atoms with E-state index < -0.39 is 5.41 Å². The molecule has 4 aromatic rings. The Morgan fingerprint density at radius 1 is 0.744 bits per heavy atom. The molecule has 0 fully saturated rings. The zero-order valence-corrected chi connectivity index (χ0v) is 23.5. The number of benzene rings is 4. The summed E-state index contributed by atoms with van der Waals surface area (Å²) in [6.07, 6.45) is 0.963. The van der Waals surface area contributed by atoms with Gasteiger partial charge in [0.15, 0.2) is 0 Å². The predicted octanol–water partition coefficient (Wildman–Crippen LogP) is 8.43. The Morgan fingerprint density at radius 3 is 1.82 bits per heavy atom. The van der Waals surface area contributed by atoms with Crippen LogP contribution >= 0.6 is 0 Å². The van der Waals surface area contributed by atoms with E-state index in [0.717, 1.165) is 39.8 Å². The lowest BCUT2D eigenvalue weighted by Gasteiger charge is -2.36. The lowest BCUT2D eigenvalue weighted by molar-refractivity contribution is 0.476. The highest BCUT2D eigenvalue weighted by Crippen LogP contribution is 2.58. The monoisotopic (exact) mass is 520 g/mol. The van der Waals surface area contributed by atoms with E-state index in [4.69, 9.17) is 5.73 Å². The van der Waals surface area contributed by atoms with Crippen LogP contribution in [0.25, 0.3) is 11.1 Å². The van der Waals surface area contributed by atoms with Crippen molar-refractivity contribution in [3.63, 3.8) is 0 Å². The highest BCUT2D eigenvalue weighted by atomic mass is 16.3. The largest absolute Gasteiger partial charge is 0.506 e. The van der Waals surface area contributed by atoms with Gasteiger partial charge in [0.2, 0.25) is 0 Å². The van der Waals surface area contributed by atoms with Crippen LogP contribution in [-0.4, -0.2) is 10.2 Å². The predicted molar refractivity (Wildman–Crippen MR) is 159 cm³/mol. The molecule has 1 unspecified atom stereocenters. The maximum atomic E-state index is 11.8. The molecule has 200 valence electrons. The minimum absolute atomic E-state index is 0.0117. The Kier molecular flexibility index (Phi) is 6.10. The molecule has 0 bridgehead atoms. The Balaban J connectivity index is 2.00. The van der Waals surface area contributed by atoms with Crippen molar-refractivity contribution < 1.29 is 10.2 Å². The molecule has 0 heterocycles. The number of nitrogen functional groups attached to an aromatic ring is 1. The van der Waals surface area contributed by atoms with Crippen LogP contribution in [-0.2, 0) is 16.2 Å². The minimum Gasteiger partial charge on any atom is -0.506 e. The summed E-state index contributed by atoms with van der Waals surface area (Å²) in [5.74, 6) is -0.158. The minimum atomic E-state index is -0.874. The van der Waals surface area contributed by atoms with Crippen LogP contribution in [0.5, 0.6) is 11.5 Å². The number of nitroso groups, excluding NO2 is 1. The van der Waals surface area contributed by atoms with Gasteiger partial charge >= 0.3 is 0 Å². The van der Waals surface area contributed by atoms with Gasteiger partial charge in [0.25, 0.3) is 0 Å². The van der Waals surface area contributed by atoms with Gasteiger partial charge in [-0.2, -0.15) is 0 Å². The third-order valence-electron chi connectivity index (χ3n) is 8.64. The van der Waals surface area contributed by atoms with Crippen molar-refractivity contribution in [1.29, 1.82) is 0 Å². The first kappa shape index (κ1) is 26.5. The Hall–Kier alpha value is -4.12. The summed E-state index contributed by atoms with van der Waals surface area (Å²) in [6.45, 7) is 13.2. The van der Waals surface area contributed by atoms with E-state index in [2.05, 4.69) is 83.1 Å². The van der Waals surface area contributed by atoms with Gasteiger partial charge in [0, 0.05) is 0 Å². The van der Waals surface area contributed by atoms with Gasteiger partial charge < -0.3 is 15.9 Å². The van der Waals surface area contributed by atoms with Crippen LogP contribution in [0.4, 0.5) is 11.4 Å². The molecule has 4 aromatic carbocycles. The number of aromatic hydroxyl groups is 2. The van der Waals surface area contributed by atoms with E-state index in [-0.39, 0.29) is 33.7 Å². The molecular formula is C34H36N2O3. The number of rotatable bonds is 5. The highest BCUT2D eigenvalue weighted by Gasteiger charge is 2.47. The second-order valence-electron chi connectivity index (χ2n) is 12.3. The van der Waals surface area contributed by atoms with Gasteiger partial charge in [-0.15, -0.1) is 4.91 Å². The fourth-order valence-corrected chi connectivity index (χ4v) is 5.82. The molecule has 1 aliphatic rings. The zero-order valence-electron chi connectivity index (χ0n) is 23.5. The lowest BCUT2D eigenvalue weighted by atomic mass is 9.66. The zero-order chi connectivity index (χ0) is 28.3. The Bertz CT molecular complexity index is 1610. The molecule has 1 atom stereocenters. The maximum absolute atomic E-state index is 11.8. The summed E-state index contributed by atoms with van der Waals surface area (Å²) in [6, 6.07) is 23.7. The normalized spacial score (nSPS) is 16.6. The Morgan fingerprint density at radius 2 is 1.28 bits per heavy atom. The van der Waals surface area contributed by atoms with E-state index in [1.165, 1.54) is 17.2 Å². The summed E-state index contributed by atoms with van der Waals surface area (Å²) in [4.78, 5) is 11.8. The molecule has 0 saturated carbocycles. The number of anilines is 1. The molecule has 5 rings (SSSR count). The smallest absolute Gasteiger partial charge is 0.149 e. The topological polar surface area (TPSA) is 95.9 Å². The van der Waals surface area contributed by atoms with Crippen LogP contribution < -0.4 is 5.73 Å². The highest BCUT2D eigenvalue weighted by molar-refractivity contribution is 5.88. The second kappa shape index (κ2) is 8.98. The SMILES string of the molecule is CCC(C)(C)c1ccc2c(c1)C(c1ccc(O)c(N)c1)(c1ccc(O)c(N=O)c1)c1cc(C(C)(C)C)ccc1-2. The van der Waals surface area contributed by atoms with E-state index in [1.807, 2.05) is 18.2 Å². The van der Waals surface area contributed by atoms with Crippen LogP contribution in [0.3, 0.4) is 0 Å². The Labute approximate surface area is 230 Å². The second-order valence-corrected chi connectivity index (χ2v) is 12.3. The van der Waals surface area contributed by atoms with Gasteiger partial charge in [-0.25, -0.2) is 0 Å². The summed E-state index contributed by atoms with van der Waals surface area (Å²) in [5, 5.41) is 23.9. The van der Waals surface area contributed by atoms with Crippen LogP contribution in [0.2, 0.25) is 0 Å². The first-order chi connectivity index (χ1) is 18.3. The third kappa shape index (κ3) is 3.99. The quantitative estimate of drug-likeness (QED) is 0.123. The molecule has 1 aliphatic carbocycles. The molecule has 0 saturated heterocycles. The summed E-state index contributed by atoms with van der Waals surface area (Å²) in [5.41, 5.74) is 13.9. The lowest BCUT2D eigenvalue weighted by Crippen LogP contribution is -2.30. The first-order valence-electron chi connectivity index (χ1n) is 13.4. The van der Waals surface area contributed by atoms with Gasteiger partial charge in [0.05, 0.1) is 11.1 Å². The molecule has 0 amide bonds. The van der Waals surface area contributed by atoms with Gasteiger partial charge in [-0.3, -0.25) is 0 Å². The molecule has 4 N–H and O–H groups in total. The summed E-state index contributed by atoms with van der Waals surface area (Å²) in [7, 11) is 0. The number of hydrogen-bond donors (Lipinski definition) is 3. The van der Waals surface area contributed by atoms with Crippen molar-refractivity contribution in [3.05, 3.63) is 111 Å². The maximum Gasteiger partial charge on any atom is 0.149 e. The van der Waals surface area contributed by atoms with Crippen molar-refractivity contribution in [2.24, 2.45) is 5.18 Å². The van der Waals surface area contributed by atoms with Crippen molar-refractivity contribution >= 4 is 11.4 Å². The molecular weight excluding hydrogens is 484 g/mol. The van der Waals surface area contributed by atoms with Crippen molar-refractivity contribution in [2.45, 2.75) is 64.2 Å². The fraction of sp³-hybridized carbons (Fsp3) is 0.294. The molecule has 39 heavy (non-hydrogen) atoms. The summed E-state index contributed by atoms with van der Waals surface area (Å²) >= 11 is 0. The molecule has 5 nitrogen and oxygen atoms in total. The van der Waals surface area contributed by atoms with Gasteiger partial charge in [0.1, 0.15) is 17.2 Å². The van der Waals surface area contributed by atoms with E-state index >= 15 is 0 Å². The van der Waals surface area contributed by atoms with Crippen LogP contribution in [0, 0.1) is 4.91 Å². The van der Waals surface area contributed by atoms with E-state index in [1.54, 1.807) is 12.1 Å². The van der Waals surface area contributed by atoms with Crippen molar-refractivity contribution in [1.82, 2.24) is 0 Å². The number of nitrogens with two attached hydrogens (primary N) is 1. The third-order valence-corrected chi connectivity index (χ3v) is 8.64. The van der Waals surface area contributed by atoms with Crippen LogP contribution in [0.1, 0.15) is 81.3 Å². The summed E-state index contributed by atoms with van der Waals surface area (Å²) < 4.78 is 0. The molecule has 0 radical (unpaired) electrons. The van der Waals surface area contributed by atoms with Crippen molar-refractivity contribution in [3.8, 4) is 22.6 Å². The van der Waals surface area contributed by atoms with E-state index in [9.17, 15) is 15.1 Å². The number of phenolic OH excluding ortho intramolecular Hbond substituents is 2. The van der Waals surface area contributed by atoms with E-state index in [0.29, 0.717) is 0 Å². The number of hydrogen-bond acceptors (Lipinski definition) is 5. The number of phenols is 2. The molecule has 0 spiro atoms. The first-order valence-corrected chi connectivity index (χ1v) is 13.4. The van der Waals surface area contributed by atoms with Gasteiger partial charge in [-0.05, 0) is 91.2 Å². The number of fused-ring (bicyclic) bond motifs is 3. The molecule has 0 aromatic heterocycles. The average molecular weight is 521 g/mol. The number of nitrogens with zero attached hydrogens (tertiary/aromatic N) is 1.